The van der Waals surface area contributed by atoms with Crippen molar-refractivity contribution in [2.75, 3.05) is 31.1 Å². The Balaban J connectivity index is 1.09. The summed E-state index contributed by atoms with van der Waals surface area (Å²) in [4.78, 5) is 30.2. The van der Waals surface area contributed by atoms with E-state index in [2.05, 4.69) is 39.8 Å². The molecule has 2 saturated heterocycles. The molecule has 3 aliphatic heterocycles. The van der Waals surface area contributed by atoms with Gasteiger partial charge in [0.2, 0.25) is 0 Å². The number of hydrogen-bond donors (Lipinski definition) is 2. The van der Waals surface area contributed by atoms with E-state index in [0.29, 0.717) is 51.0 Å². The first-order chi connectivity index (χ1) is 24.0. The molecule has 0 aromatic heterocycles. The molecule has 0 spiro atoms. The largest absolute Gasteiger partial charge is 0.485 e. The molecule has 2 N–H and O–H groups in total. The van der Waals surface area contributed by atoms with Crippen LogP contribution in [0, 0.1) is 0 Å². The normalized spacial score (nSPS) is 22.4. The minimum absolute atomic E-state index is 0.0630. The van der Waals surface area contributed by atoms with Crippen molar-refractivity contribution in [2.45, 2.75) is 76.4 Å². The number of esters is 1. The zero-order valence-corrected chi connectivity index (χ0v) is 31.0. The summed E-state index contributed by atoms with van der Waals surface area (Å²) in [5, 5.41) is 8.99. The molecular weight excluding hydrogens is 718 g/mol. The molecule has 1 saturated carbocycles. The van der Waals surface area contributed by atoms with E-state index in [0.717, 1.165) is 66.7 Å². The van der Waals surface area contributed by atoms with Crippen LogP contribution >= 0.6 is 46.4 Å². The Bertz CT molecular complexity index is 1790. The highest BCUT2D eigenvalue weighted by molar-refractivity contribution is 6.42. The van der Waals surface area contributed by atoms with E-state index >= 15 is 0 Å². The van der Waals surface area contributed by atoms with Crippen LogP contribution in [-0.2, 0) is 20.9 Å². The topological polar surface area (TPSA) is 83.1 Å². The van der Waals surface area contributed by atoms with Gasteiger partial charge in [0.25, 0.3) is 5.91 Å². The van der Waals surface area contributed by atoms with Gasteiger partial charge in [0.05, 0.1) is 32.7 Å². The summed E-state index contributed by atoms with van der Waals surface area (Å²) in [6, 6.07) is 18.0. The monoisotopic (exact) mass is 756 g/mol. The molecule has 3 heterocycles. The average molecular weight is 759 g/mol. The van der Waals surface area contributed by atoms with Crippen LogP contribution in [0.2, 0.25) is 20.1 Å². The molecule has 1 aliphatic carbocycles. The fraction of sp³-hybridized carbons (Fsp3) is 0.421. The lowest BCUT2D eigenvalue weighted by Crippen LogP contribution is -2.60. The zero-order valence-electron chi connectivity index (χ0n) is 28.0. The first-order valence-corrected chi connectivity index (χ1v) is 18.7. The number of anilines is 1. The summed E-state index contributed by atoms with van der Waals surface area (Å²) in [5.41, 5.74) is 5.66. The highest BCUT2D eigenvalue weighted by Crippen LogP contribution is 2.40. The summed E-state index contributed by atoms with van der Waals surface area (Å²) in [6.45, 7) is 6.62. The zero-order chi connectivity index (χ0) is 35.1. The second-order valence-corrected chi connectivity index (χ2v) is 15.2. The maximum Gasteiger partial charge on any atom is 0.303 e. The number of piperazine rings is 1. The maximum absolute atomic E-state index is 14.5. The third-order valence-electron chi connectivity index (χ3n) is 9.99. The van der Waals surface area contributed by atoms with Gasteiger partial charge in [0, 0.05) is 62.9 Å². The molecule has 8 nitrogen and oxygen atoms in total. The Kier molecular flexibility index (Phi) is 10.6. The van der Waals surface area contributed by atoms with Crippen LogP contribution < -0.4 is 20.3 Å². The van der Waals surface area contributed by atoms with Crippen molar-refractivity contribution in [1.82, 2.24) is 15.5 Å². The minimum Gasteiger partial charge on any atom is -0.485 e. The lowest BCUT2D eigenvalue weighted by atomic mass is 9.83. The van der Waals surface area contributed by atoms with Crippen molar-refractivity contribution in [3.8, 4) is 5.75 Å². The van der Waals surface area contributed by atoms with E-state index in [4.69, 9.17) is 55.9 Å². The van der Waals surface area contributed by atoms with Crippen LogP contribution in [0.25, 0.3) is 5.57 Å². The van der Waals surface area contributed by atoms with Crippen LogP contribution in [0.1, 0.15) is 62.3 Å². The highest BCUT2D eigenvalue weighted by Gasteiger charge is 2.41. The van der Waals surface area contributed by atoms with Crippen molar-refractivity contribution in [2.24, 2.45) is 0 Å². The predicted molar refractivity (Wildman–Crippen MR) is 199 cm³/mol. The van der Waals surface area contributed by atoms with E-state index in [1.165, 1.54) is 6.92 Å². The van der Waals surface area contributed by atoms with E-state index in [1.54, 1.807) is 25.1 Å². The van der Waals surface area contributed by atoms with Gasteiger partial charge in [0.15, 0.2) is 5.75 Å². The smallest absolute Gasteiger partial charge is 0.303 e. The molecule has 0 radical (unpaired) electrons. The maximum atomic E-state index is 14.5. The van der Waals surface area contributed by atoms with Crippen LogP contribution in [0.3, 0.4) is 0 Å². The Morgan fingerprint density at radius 3 is 2.42 bits per heavy atom. The van der Waals surface area contributed by atoms with Gasteiger partial charge < -0.3 is 29.9 Å². The second-order valence-electron chi connectivity index (χ2n) is 13.6. The third kappa shape index (κ3) is 7.62. The van der Waals surface area contributed by atoms with Gasteiger partial charge in [-0.25, -0.2) is 0 Å². The lowest BCUT2D eigenvalue weighted by Gasteiger charge is -2.41. The van der Waals surface area contributed by atoms with Crippen LogP contribution in [0.15, 0.2) is 60.2 Å². The van der Waals surface area contributed by atoms with Gasteiger partial charge in [0.1, 0.15) is 12.2 Å². The Morgan fingerprint density at radius 1 is 0.980 bits per heavy atom. The van der Waals surface area contributed by atoms with Crippen molar-refractivity contribution >= 4 is 69.5 Å². The summed E-state index contributed by atoms with van der Waals surface area (Å²) in [6.07, 6.45) is 2.96. The Hall–Kier alpha value is -2.98. The SMILES string of the molecule is CC(=O)O[C@H](C)c1cc(Cl)c(O[C@H]2CCN(c3ccc(C4=C(C(=O)N(Cc5cccc(Cl)c5Cl)C5CC5)[C@@H]5CNC[C@H](C4)N5)cc3)C2)c(Cl)c1. The number of ether oxygens (including phenoxy) is 2. The molecule has 4 atom stereocenters. The van der Waals surface area contributed by atoms with E-state index in [1.807, 2.05) is 17.0 Å². The first-order valence-electron chi connectivity index (χ1n) is 17.2. The van der Waals surface area contributed by atoms with Gasteiger partial charge in [-0.1, -0.05) is 70.7 Å². The van der Waals surface area contributed by atoms with Crippen molar-refractivity contribution in [1.29, 1.82) is 0 Å². The molecule has 12 heteroatoms. The summed E-state index contributed by atoms with van der Waals surface area (Å²) in [5.74, 6) is 0.122. The molecule has 1 amide bonds. The van der Waals surface area contributed by atoms with Gasteiger partial charge >= 0.3 is 5.97 Å². The number of benzene rings is 3. The minimum atomic E-state index is -0.474. The molecular formula is C38H40Cl4N4O4. The lowest BCUT2D eigenvalue weighted by molar-refractivity contribution is -0.145. The fourth-order valence-electron chi connectivity index (χ4n) is 7.34. The van der Waals surface area contributed by atoms with Crippen LogP contribution in [0.4, 0.5) is 5.69 Å². The first kappa shape index (κ1) is 35.4. The number of carbonyl (C=O) groups excluding carboxylic acids is 2. The summed E-state index contributed by atoms with van der Waals surface area (Å²) < 4.78 is 11.6. The number of fused-ring (bicyclic) bond motifs is 2. The van der Waals surface area contributed by atoms with E-state index < -0.39 is 6.10 Å². The summed E-state index contributed by atoms with van der Waals surface area (Å²) in [7, 11) is 0. The van der Waals surface area contributed by atoms with Crippen molar-refractivity contribution in [3.05, 3.63) is 97.0 Å². The molecule has 2 bridgehead atoms. The molecule has 3 aromatic carbocycles. The van der Waals surface area contributed by atoms with E-state index in [-0.39, 0.29) is 36.1 Å². The number of halogens is 4. The number of hydrogen-bond acceptors (Lipinski definition) is 7. The number of nitrogens with one attached hydrogen (secondary N) is 2. The van der Waals surface area contributed by atoms with E-state index in [9.17, 15) is 9.59 Å². The Morgan fingerprint density at radius 2 is 1.72 bits per heavy atom. The van der Waals surface area contributed by atoms with Gasteiger partial charge in [-0.15, -0.1) is 0 Å². The second kappa shape index (κ2) is 14.9. The molecule has 3 fully saturated rings. The highest BCUT2D eigenvalue weighted by atomic mass is 35.5. The molecule has 4 aliphatic rings. The quantitative estimate of drug-likeness (QED) is 0.204. The molecule has 7 rings (SSSR count). The molecule has 264 valence electrons. The van der Waals surface area contributed by atoms with Gasteiger partial charge in [-0.3, -0.25) is 9.59 Å². The van der Waals surface area contributed by atoms with Gasteiger partial charge in [-0.05, 0) is 78.8 Å². The number of rotatable bonds is 10. The van der Waals surface area contributed by atoms with Crippen molar-refractivity contribution in [3.63, 3.8) is 0 Å². The summed E-state index contributed by atoms with van der Waals surface area (Å²) >= 11 is 26.1. The number of carbonyl (C=O) groups is 2. The Labute approximate surface area is 313 Å². The van der Waals surface area contributed by atoms with Gasteiger partial charge in [-0.2, -0.15) is 0 Å². The average Bonchev–Trinajstić information content (AvgIpc) is 3.82. The third-order valence-corrected chi connectivity index (χ3v) is 11.4. The standard InChI is InChI=1S/C38H40Cl4N4O4/c1-21(49-22(2)47)25-14-32(40)37(33(41)15-25)50-29-12-13-45(20-29)27-8-6-23(7-9-27)30-16-26-17-43-18-34(44-26)35(30)38(48)46(28-10-11-28)19-24-4-3-5-31(39)36(24)42/h3-9,14-15,21,26,28-29,34,43-44H,10-13,16-20H2,1-2H3/t21-,26+,29+,34+/m1/s1. The van der Waals surface area contributed by atoms with Crippen LogP contribution in [0.5, 0.6) is 5.75 Å². The molecule has 50 heavy (non-hydrogen) atoms. The number of nitrogens with zero attached hydrogens (tertiary/aromatic N) is 2. The van der Waals surface area contributed by atoms with Crippen molar-refractivity contribution < 1.29 is 19.1 Å². The number of amides is 1. The molecule has 0 unspecified atom stereocenters. The molecule has 3 aromatic rings. The predicted octanol–water partition coefficient (Wildman–Crippen LogP) is 7.86. The fourth-order valence-corrected chi connectivity index (χ4v) is 8.32. The van der Waals surface area contributed by atoms with Crippen LogP contribution in [-0.4, -0.2) is 67.2 Å².